The van der Waals surface area contributed by atoms with Crippen molar-refractivity contribution in [1.29, 1.82) is 0 Å². The van der Waals surface area contributed by atoms with Crippen molar-refractivity contribution in [3.8, 4) is 0 Å². The second-order valence-corrected chi connectivity index (χ2v) is 4.61. The summed E-state index contributed by atoms with van der Waals surface area (Å²) in [4.78, 5) is 7.08. The summed E-state index contributed by atoms with van der Waals surface area (Å²) in [7, 11) is -4.15. The van der Waals surface area contributed by atoms with Crippen LogP contribution in [-0.2, 0) is 16.5 Å². The van der Waals surface area contributed by atoms with Crippen molar-refractivity contribution >= 4 is 21.2 Å². The maximum absolute atomic E-state index is 10.9. The van der Waals surface area contributed by atoms with Crippen molar-refractivity contribution in [2.45, 2.75) is 18.2 Å². The molecule has 2 rings (SSSR count). The number of benzene rings is 1. The van der Waals surface area contributed by atoms with E-state index in [0.717, 1.165) is 17.8 Å². The predicted octanol–water partition coefficient (Wildman–Crippen LogP) is 1.37. The number of imidazole rings is 1. The Morgan fingerprint density at radius 3 is 2.80 bits per heavy atom. The summed E-state index contributed by atoms with van der Waals surface area (Å²) >= 11 is 0. The van der Waals surface area contributed by atoms with Crippen molar-refractivity contribution in [2.75, 3.05) is 0 Å². The molecular formula is C9H10N2O3S. The number of rotatable bonds is 2. The van der Waals surface area contributed by atoms with Crippen molar-refractivity contribution in [3.63, 3.8) is 0 Å². The lowest BCUT2D eigenvalue weighted by atomic mass is 10.3. The molecule has 0 aliphatic carbocycles. The Morgan fingerprint density at radius 2 is 2.20 bits per heavy atom. The van der Waals surface area contributed by atoms with Crippen LogP contribution in [0.3, 0.4) is 0 Å². The van der Waals surface area contributed by atoms with Gasteiger partial charge in [-0.1, -0.05) is 6.92 Å². The minimum Gasteiger partial charge on any atom is -0.342 e. The van der Waals surface area contributed by atoms with E-state index in [-0.39, 0.29) is 4.90 Å². The number of aryl methyl sites for hydroxylation is 1. The van der Waals surface area contributed by atoms with Gasteiger partial charge in [-0.05, 0) is 18.2 Å². The van der Waals surface area contributed by atoms with Crippen LogP contribution in [0.4, 0.5) is 0 Å². The summed E-state index contributed by atoms with van der Waals surface area (Å²) in [6, 6.07) is 4.28. The van der Waals surface area contributed by atoms with E-state index in [2.05, 4.69) is 9.97 Å². The van der Waals surface area contributed by atoms with Crippen LogP contribution in [-0.4, -0.2) is 22.9 Å². The van der Waals surface area contributed by atoms with Crippen molar-refractivity contribution < 1.29 is 13.0 Å². The summed E-state index contributed by atoms with van der Waals surface area (Å²) in [5, 5.41) is 0. The number of nitrogens with one attached hydrogen (secondary N) is 1. The zero-order valence-electron chi connectivity index (χ0n) is 8.06. The van der Waals surface area contributed by atoms with E-state index in [1.54, 1.807) is 6.07 Å². The molecule has 0 amide bonds. The third-order valence-electron chi connectivity index (χ3n) is 2.14. The van der Waals surface area contributed by atoms with Gasteiger partial charge in [0.25, 0.3) is 10.1 Å². The van der Waals surface area contributed by atoms with Gasteiger partial charge in [0.2, 0.25) is 0 Å². The fraction of sp³-hybridized carbons (Fsp3) is 0.222. The molecule has 15 heavy (non-hydrogen) atoms. The first-order chi connectivity index (χ1) is 7.00. The largest absolute Gasteiger partial charge is 0.342 e. The highest BCUT2D eigenvalue weighted by Gasteiger charge is 2.11. The van der Waals surface area contributed by atoms with Crippen molar-refractivity contribution in [2.24, 2.45) is 0 Å². The Labute approximate surface area is 86.9 Å². The molecule has 5 nitrogen and oxygen atoms in total. The molecule has 0 spiro atoms. The van der Waals surface area contributed by atoms with E-state index < -0.39 is 10.1 Å². The molecule has 6 heteroatoms. The lowest BCUT2D eigenvalue weighted by molar-refractivity contribution is 0.483. The first kappa shape index (κ1) is 10.1. The molecule has 2 N–H and O–H groups in total. The highest BCUT2D eigenvalue weighted by Crippen LogP contribution is 2.17. The van der Waals surface area contributed by atoms with E-state index in [1.165, 1.54) is 12.1 Å². The zero-order valence-corrected chi connectivity index (χ0v) is 8.87. The fourth-order valence-electron chi connectivity index (χ4n) is 1.37. The predicted molar refractivity (Wildman–Crippen MR) is 55.3 cm³/mol. The molecule has 0 bridgehead atoms. The number of aromatic amines is 1. The average molecular weight is 226 g/mol. The Kier molecular flexibility index (Phi) is 2.24. The highest BCUT2D eigenvalue weighted by atomic mass is 32.2. The highest BCUT2D eigenvalue weighted by molar-refractivity contribution is 7.85. The topological polar surface area (TPSA) is 83.1 Å². The number of aromatic nitrogens is 2. The van der Waals surface area contributed by atoms with Gasteiger partial charge in [0.15, 0.2) is 0 Å². The number of hydrogen-bond acceptors (Lipinski definition) is 3. The van der Waals surface area contributed by atoms with Gasteiger partial charge in [0.05, 0.1) is 15.9 Å². The van der Waals surface area contributed by atoms with Gasteiger partial charge in [-0.3, -0.25) is 4.55 Å². The Bertz CT molecular complexity index is 601. The van der Waals surface area contributed by atoms with E-state index in [4.69, 9.17) is 4.55 Å². The monoisotopic (exact) mass is 226 g/mol. The smallest absolute Gasteiger partial charge is 0.294 e. The van der Waals surface area contributed by atoms with Crippen LogP contribution in [0.25, 0.3) is 11.0 Å². The van der Waals surface area contributed by atoms with Gasteiger partial charge in [-0.25, -0.2) is 4.98 Å². The van der Waals surface area contributed by atoms with E-state index in [9.17, 15) is 8.42 Å². The summed E-state index contributed by atoms with van der Waals surface area (Å²) < 4.78 is 30.6. The van der Waals surface area contributed by atoms with Gasteiger partial charge in [-0.2, -0.15) is 8.42 Å². The SMILES string of the molecule is CCc1nc2cc(S(=O)(=O)O)ccc2[nH]1. The Hall–Kier alpha value is -1.40. The van der Waals surface area contributed by atoms with Crippen LogP contribution in [0.5, 0.6) is 0 Å². The third-order valence-corrected chi connectivity index (χ3v) is 2.99. The maximum atomic E-state index is 10.9. The van der Waals surface area contributed by atoms with Crippen LogP contribution in [0, 0.1) is 0 Å². The third kappa shape index (κ3) is 1.86. The molecule has 0 saturated carbocycles. The normalized spacial score (nSPS) is 12.1. The molecule has 1 aromatic carbocycles. The molecule has 0 unspecified atom stereocenters. The molecule has 0 atom stereocenters. The van der Waals surface area contributed by atoms with Crippen LogP contribution < -0.4 is 0 Å². The number of fused-ring (bicyclic) bond motifs is 1. The molecule has 0 fully saturated rings. The molecule has 1 aromatic heterocycles. The van der Waals surface area contributed by atoms with Gasteiger partial charge in [0, 0.05) is 6.42 Å². The van der Waals surface area contributed by atoms with Gasteiger partial charge < -0.3 is 4.98 Å². The number of hydrogen-bond donors (Lipinski definition) is 2. The molecule has 2 aromatic rings. The minimum absolute atomic E-state index is 0.135. The van der Waals surface area contributed by atoms with Crippen molar-refractivity contribution in [3.05, 3.63) is 24.0 Å². The summed E-state index contributed by atoms with van der Waals surface area (Å²) in [6.07, 6.45) is 0.746. The Morgan fingerprint density at radius 1 is 1.47 bits per heavy atom. The summed E-state index contributed by atoms with van der Waals surface area (Å²) in [5.41, 5.74) is 1.31. The van der Waals surface area contributed by atoms with E-state index in [0.29, 0.717) is 5.52 Å². The second kappa shape index (κ2) is 3.32. The molecule has 0 radical (unpaired) electrons. The van der Waals surface area contributed by atoms with Crippen LogP contribution in [0.15, 0.2) is 23.1 Å². The number of H-pyrrole nitrogens is 1. The van der Waals surface area contributed by atoms with Crippen molar-refractivity contribution in [1.82, 2.24) is 9.97 Å². The van der Waals surface area contributed by atoms with E-state index >= 15 is 0 Å². The number of nitrogens with zero attached hydrogens (tertiary/aromatic N) is 1. The Balaban J connectivity index is 2.66. The van der Waals surface area contributed by atoms with Crippen LogP contribution >= 0.6 is 0 Å². The minimum atomic E-state index is -4.15. The van der Waals surface area contributed by atoms with Gasteiger partial charge in [0.1, 0.15) is 5.82 Å². The van der Waals surface area contributed by atoms with Gasteiger partial charge in [-0.15, -0.1) is 0 Å². The molecule has 0 aliphatic heterocycles. The lowest BCUT2D eigenvalue weighted by Crippen LogP contribution is -1.97. The van der Waals surface area contributed by atoms with Crippen LogP contribution in [0.1, 0.15) is 12.7 Å². The molecular weight excluding hydrogens is 216 g/mol. The zero-order chi connectivity index (χ0) is 11.1. The van der Waals surface area contributed by atoms with Crippen LogP contribution in [0.2, 0.25) is 0 Å². The maximum Gasteiger partial charge on any atom is 0.294 e. The average Bonchev–Trinajstić information content (AvgIpc) is 2.57. The fourth-order valence-corrected chi connectivity index (χ4v) is 1.87. The summed E-state index contributed by atoms with van der Waals surface area (Å²) in [5.74, 6) is 0.789. The summed E-state index contributed by atoms with van der Waals surface area (Å²) in [6.45, 7) is 1.95. The molecule has 80 valence electrons. The molecule has 1 heterocycles. The standard InChI is InChI=1S/C9H10N2O3S/c1-2-9-10-7-4-3-6(15(12,13)14)5-8(7)11-9/h3-5H,2H2,1H3,(H,10,11)(H,12,13,14). The van der Waals surface area contributed by atoms with E-state index in [1.807, 2.05) is 6.92 Å². The van der Waals surface area contributed by atoms with Gasteiger partial charge >= 0.3 is 0 Å². The molecule has 0 saturated heterocycles. The second-order valence-electron chi connectivity index (χ2n) is 3.19. The first-order valence-electron chi connectivity index (χ1n) is 4.47. The first-order valence-corrected chi connectivity index (χ1v) is 5.91. The quantitative estimate of drug-likeness (QED) is 0.757. The lowest BCUT2D eigenvalue weighted by Gasteiger charge is -1.94. The molecule has 0 aliphatic rings.